The molecule has 0 atom stereocenters. The first kappa shape index (κ1) is 19.0. The van der Waals surface area contributed by atoms with Crippen LogP contribution in [0.15, 0.2) is 64.1 Å². The number of aromatic nitrogens is 3. The lowest BCUT2D eigenvalue weighted by Gasteiger charge is -2.09. The number of rotatable bonds is 6. The predicted octanol–water partition coefficient (Wildman–Crippen LogP) is 3.95. The zero-order chi connectivity index (χ0) is 20.7. The minimum absolute atomic E-state index is 0.0577. The molecule has 0 saturated heterocycles. The fraction of sp³-hybridized carbons (Fsp3) is 0.174. The maximum atomic E-state index is 13.4. The van der Waals surface area contributed by atoms with Gasteiger partial charge in [0.15, 0.2) is 0 Å². The number of nitrogens with zero attached hydrogens (tertiary/aromatic N) is 3. The Morgan fingerprint density at radius 2 is 1.97 bits per heavy atom. The highest BCUT2D eigenvalue weighted by Crippen LogP contribution is 2.35. The van der Waals surface area contributed by atoms with Crippen molar-refractivity contribution < 1.29 is 9.84 Å². The van der Waals surface area contributed by atoms with Crippen LogP contribution < -0.4 is 10.2 Å². The van der Waals surface area contributed by atoms with Crippen molar-refractivity contribution in [2.75, 3.05) is 13.2 Å². The molecule has 1 N–H and O–H groups in total. The van der Waals surface area contributed by atoms with Crippen LogP contribution in [0.1, 0.15) is 17.7 Å². The van der Waals surface area contributed by atoms with Crippen LogP contribution in [-0.2, 0) is 6.42 Å². The summed E-state index contributed by atoms with van der Waals surface area (Å²) in [6.45, 7) is 0.441. The Kier molecular flexibility index (Phi) is 4.84. The smallest absolute Gasteiger partial charge is 0.211 e. The molecule has 0 aliphatic heterocycles. The number of fused-ring (bicyclic) bond motifs is 3. The van der Waals surface area contributed by atoms with E-state index in [4.69, 9.17) is 14.9 Å². The Bertz CT molecular complexity index is 1420. The van der Waals surface area contributed by atoms with E-state index in [0.717, 1.165) is 31.8 Å². The van der Waals surface area contributed by atoms with E-state index in [2.05, 4.69) is 20.9 Å². The molecular weight excluding hydrogens is 446 g/mol. The van der Waals surface area contributed by atoms with Crippen LogP contribution in [-0.4, -0.2) is 32.9 Å². The molecule has 0 aliphatic rings. The molecule has 7 heteroatoms. The summed E-state index contributed by atoms with van der Waals surface area (Å²) in [6.07, 6.45) is 4.39. The predicted molar refractivity (Wildman–Crippen MR) is 120 cm³/mol. The van der Waals surface area contributed by atoms with Crippen molar-refractivity contribution >= 4 is 43.1 Å². The fourth-order valence-corrected chi connectivity index (χ4v) is 4.18. The summed E-state index contributed by atoms with van der Waals surface area (Å²) in [4.78, 5) is 17.5. The first-order valence-electron chi connectivity index (χ1n) is 9.68. The molecule has 3 aromatic heterocycles. The van der Waals surface area contributed by atoms with E-state index in [1.54, 1.807) is 18.5 Å². The van der Waals surface area contributed by atoms with Gasteiger partial charge in [-0.15, -0.1) is 0 Å². The molecule has 5 aromatic rings. The second-order valence-electron chi connectivity index (χ2n) is 7.18. The van der Waals surface area contributed by atoms with Crippen molar-refractivity contribution in [3.8, 4) is 5.75 Å². The molecule has 6 nitrogen and oxygen atoms in total. The quantitative estimate of drug-likeness (QED) is 0.385. The number of aliphatic hydroxyl groups is 1. The number of pyridine rings is 1. The van der Waals surface area contributed by atoms with E-state index in [0.29, 0.717) is 36.3 Å². The van der Waals surface area contributed by atoms with Gasteiger partial charge in [-0.25, -0.2) is 4.52 Å². The molecule has 0 unspecified atom stereocenters. The van der Waals surface area contributed by atoms with E-state index in [-0.39, 0.29) is 12.0 Å². The molecule has 2 aromatic carbocycles. The van der Waals surface area contributed by atoms with Crippen molar-refractivity contribution in [2.24, 2.45) is 0 Å². The van der Waals surface area contributed by atoms with E-state index >= 15 is 0 Å². The van der Waals surface area contributed by atoms with Crippen molar-refractivity contribution in [2.45, 2.75) is 12.8 Å². The Morgan fingerprint density at radius 1 is 1.10 bits per heavy atom. The molecule has 150 valence electrons. The third-order valence-corrected chi connectivity index (χ3v) is 5.66. The van der Waals surface area contributed by atoms with Crippen LogP contribution in [0, 0.1) is 0 Å². The maximum Gasteiger partial charge on any atom is 0.211 e. The van der Waals surface area contributed by atoms with Crippen LogP contribution in [0.2, 0.25) is 0 Å². The lowest BCUT2D eigenvalue weighted by Crippen LogP contribution is -2.16. The lowest BCUT2D eigenvalue weighted by atomic mass is 10.1. The SMILES string of the molecule is O=c1c(Cc2cccnc2)nn2c3ccc(Br)cc3c3cc(OCCCO)cc1c32. The molecule has 0 spiro atoms. The highest BCUT2D eigenvalue weighted by Gasteiger charge is 2.19. The van der Waals surface area contributed by atoms with Crippen molar-refractivity contribution in [3.63, 3.8) is 0 Å². The largest absolute Gasteiger partial charge is 0.493 e. The minimum atomic E-state index is -0.106. The van der Waals surface area contributed by atoms with Gasteiger partial charge in [-0.1, -0.05) is 22.0 Å². The average molecular weight is 464 g/mol. The van der Waals surface area contributed by atoms with Crippen LogP contribution in [0.25, 0.3) is 27.2 Å². The molecule has 0 bridgehead atoms. The van der Waals surface area contributed by atoms with Gasteiger partial charge in [0, 0.05) is 47.1 Å². The third-order valence-electron chi connectivity index (χ3n) is 5.17. The molecule has 0 amide bonds. The molecule has 3 heterocycles. The summed E-state index contributed by atoms with van der Waals surface area (Å²) in [7, 11) is 0. The van der Waals surface area contributed by atoms with Gasteiger partial charge in [0.1, 0.15) is 11.4 Å². The summed E-state index contributed by atoms with van der Waals surface area (Å²) in [5, 5.41) is 16.3. The van der Waals surface area contributed by atoms with Crippen LogP contribution in [0.5, 0.6) is 5.75 Å². The molecule has 5 rings (SSSR count). The van der Waals surface area contributed by atoms with E-state index in [9.17, 15) is 4.79 Å². The van der Waals surface area contributed by atoms with Crippen molar-refractivity contribution in [1.29, 1.82) is 0 Å². The number of halogens is 1. The molecule has 0 saturated carbocycles. The highest BCUT2D eigenvalue weighted by molar-refractivity contribution is 9.10. The standard InChI is InChI=1S/C23H18BrN3O3/c24-15-4-5-21-17(10-15)18-11-16(30-8-2-7-28)12-19-22(18)27(21)26-20(23(19)29)9-14-3-1-6-25-13-14/h1,3-6,10-13,28H,2,7-9H2. The van der Waals surface area contributed by atoms with Crippen LogP contribution >= 0.6 is 15.9 Å². The Balaban J connectivity index is 1.79. The summed E-state index contributed by atoms with van der Waals surface area (Å²) >= 11 is 3.54. The monoisotopic (exact) mass is 463 g/mol. The number of aliphatic hydroxyl groups excluding tert-OH is 1. The topological polar surface area (TPSA) is 76.7 Å². The summed E-state index contributed by atoms with van der Waals surface area (Å²) in [6, 6.07) is 13.5. The Morgan fingerprint density at radius 3 is 2.77 bits per heavy atom. The van der Waals surface area contributed by atoms with E-state index in [1.807, 2.05) is 40.9 Å². The Hall–Kier alpha value is -3.03. The molecule has 30 heavy (non-hydrogen) atoms. The second-order valence-corrected chi connectivity index (χ2v) is 8.10. The fourth-order valence-electron chi connectivity index (χ4n) is 3.82. The Labute approximate surface area is 180 Å². The zero-order valence-electron chi connectivity index (χ0n) is 16.0. The number of hydrogen-bond donors (Lipinski definition) is 1. The maximum absolute atomic E-state index is 13.4. The normalized spacial score (nSPS) is 11.7. The van der Waals surface area contributed by atoms with Gasteiger partial charge < -0.3 is 9.84 Å². The van der Waals surface area contributed by atoms with Crippen LogP contribution in [0.3, 0.4) is 0 Å². The third kappa shape index (κ3) is 3.20. The molecule has 0 aliphatic carbocycles. The second kappa shape index (κ2) is 7.66. The zero-order valence-corrected chi connectivity index (χ0v) is 17.6. The first-order valence-corrected chi connectivity index (χ1v) is 10.5. The first-order chi connectivity index (χ1) is 14.7. The van der Waals surface area contributed by atoms with Crippen LogP contribution in [0.4, 0.5) is 0 Å². The highest BCUT2D eigenvalue weighted by atomic mass is 79.9. The number of benzene rings is 2. The average Bonchev–Trinajstić information content (AvgIpc) is 3.06. The van der Waals surface area contributed by atoms with E-state index in [1.165, 1.54) is 0 Å². The van der Waals surface area contributed by atoms with Crippen molar-refractivity contribution in [3.05, 3.63) is 80.8 Å². The molecule has 0 fully saturated rings. The van der Waals surface area contributed by atoms with Gasteiger partial charge in [0.05, 0.1) is 23.0 Å². The summed E-state index contributed by atoms with van der Waals surface area (Å²) in [5.74, 6) is 0.612. The minimum Gasteiger partial charge on any atom is -0.493 e. The number of hydrogen-bond acceptors (Lipinski definition) is 5. The summed E-state index contributed by atoms with van der Waals surface area (Å²) < 4.78 is 8.64. The summed E-state index contributed by atoms with van der Waals surface area (Å²) in [5.41, 5.74) is 3.00. The van der Waals surface area contributed by atoms with Gasteiger partial charge in [0.25, 0.3) is 0 Å². The van der Waals surface area contributed by atoms with Gasteiger partial charge in [0.2, 0.25) is 5.43 Å². The van der Waals surface area contributed by atoms with Gasteiger partial charge in [-0.3, -0.25) is 9.78 Å². The van der Waals surface area contributed by atoms with Gasteiger partial charge in [-0.05, 0) is 42.0 Å². The molecular formula is C23H18BrN3O3. The van der Waals surface area contributed by atoms with Crippen molar-refractivity contribution in [1.82, 2.24) is 14.6 Å². The van der Waals surface area contributed by atoms with Gasteiger partial charge >= 0.3 is 0 Å². The van der Waals surface area contributed by atoms with E-state index < -0.39 is 0 Å². The number of ether oxygens (including phenoxy) is 1. The lowest BCUT2D eigenvalue weighted by molar-refractivity contribution is 0.234. The van der Waals surface area contributed by atoms with Gasteiger partial charge in [-0.2, -0.15) is 5.10 Å². The molecule has 0 radical (unpaired) electrons.